The SMILES string of the molecule is C=C1C(C(=O)NCc2ccc3nc(N)sc3c2)=CC(Br)=CN1/C(C(N)=O)=C(\C)c1ccsc1. The van der Waals surface area contributed by atoms with E-state index in [4.69, 9.17) is 11.5 Å². The van der Waals surface area contributed by atoms with Crippen LogP contribution in [-0.2, 0) is 16.1 Å². The van der Waals surface area contributed by atoms with Gasteiger partial charge in [0.15, 0.2) is 5.13 Å². The number of nitrogens with one attached hydrogen (secondary N) is 1. The first-order chi connectivity index (χ1) is 15.7. The molecule has 4 rings (SSSR count). The highest BCUT2D eigenvalue weighted by atomic mass is 79.9. The molecule has 10 heteroatoms. The Bertz CT molecular complexity index is 1370. The number of nitrogens with zero attached hydrogens (tertiary/aromatic N) is 2. The predicted molar refractivity (Wildman–Crippen MR) is 138 cm³/mol. The van der Waals surface area contributed by atoms with E-state index < -0.39 is 5.91 Å². The van der Waals surface area contributed by atoms with Gasteiger partial charge in [0.2, 0.25) is 0 Å². The molecule has 0 fully saturated rings. The number of anilines is 1. The molecule has 0 saturated carbocycles. The number of benzene rings is 1. The number of hydrogen-bond acceptors (Lipinski definition) is 7. The highest BCUT2D eigenvalue weighted by Gasteiger charge is 2.27. The third kappa shape index (κ3) is 4.77. The van der Waals surface area contributed by atoms with E-state index in [9.17, 15) is 9.59 Å². The smallest absolute Gasteiger partial charge is 0.265 e. The van der Waals surface area contributed by atoms with Gasteiger partial charge in [-0.1, -0.05) is 24.0 Å². The minimum Gasteiger partial charge on any atom is -0.375 e. The van der Waals surface area contributed by atoms with Crippen LogP contribution in [-0.4, -0.2) is 21.7 Å². The normalized spacial score (nSPS) is 14.6. The van der Waals surface area contributed by atoms with Crippen molar-refractivity contribution >= 4 is 71.3 Å². The first kappa shape index (κ1) is 23.0. The summed E-state index contributed by atoms with van der Waals surface area (Å²) in [5, 5.41) is 7.27. The maximum absolute atomic E-state index is 13.1. The van der Waals surface area contributed by atoms with Crippen LogP contribution in [0.2, 0.25) is 0 Å². The van der Waals surface area contributed by atoms with Crippen LogP contribution in [0.4, 0.5) is 5.13 Å². The second kappa shape index (κ2) is 9.34. The number of hydrogen-bond donors (Lipinski definition) is 3. The van der Waals surface area contributed by atoms with Crippen molar-refractivity contribution in [2.24, 2.45) is 5.73 Å². The molecule has 168 valence electrons. The number of thiophene rings is 1. The van der Waals surface area contributed by atoms with Crippen LogP contribution in [0.5, 0.6) is 0 Å². The lowest BCUT2D eigenvalue weighted by Gasteiger charge is -2.29. The van der Waals surface area contributed by atoms with Gasteiger partial charge in [0, 0.05) is 17.2 Å². The number of carbonyl (C=O) groups excluding carboxylic acids is 2. The summed E-state index contributed by atoms with van der Waals surface area (Å²) in [5.74, 6) is -0.939. The van der Waals surface area contributed by atoms with Gasteiger partial charge >= 0.3 is 0 Å². The zero-order valence-corrected chi connectivity index (χ0v) is 20.8. The van der Waals surface area contributed by atoms with E-state index in [1.807, 2.05) is 41.9 Å². The second-order valence-electron chi connectivity index (χ2n) is 7.28. The van der Waals surface area contributed by atoms with Gasteiger partial charge in [-0.05, 0) is 74.6 Å². The Labute approximate surface area is 206 Å². The molecule has 3 heterocycles. The molecule has 0 unspecified atom stereocenters. The van der Waals surface area contributed by atoms with Crippen LogP contribution < -0.4 is 16.8 Å². The molecule has 2 aromatic heterocycles. The summed E-state index contributed by atoms with van der Waals surface area (Å²) in [6, 6.07) is 7.63. The van der Waals surface area contributed by atoms with Crippen LogP contribution in [0.3, 0.4) is 0 Å². The lowest BCUT2D eigenvalue weighted by molar-refractivity contribution is -0.118. The highest BCUT2D eigenvalue weighted by Crippen LogP contribution is 2.33. The number of fused-ring (bicyclic) bond motifs is 1. The quantitative estimate of drug-likeness (QED) is 0.398. The molecule has 3 aromatic rings. The Morgan fingerprint density at radius 3 is 2.79 bits per heavy atom. The highest BCUT2D eigenvalue weighted by molar-refractivity contribution is 9.11. The monoisotopic (exact) mass is 541 g/mol. The average molecular weight is 542 g/mol. The molecule has 0 spiro atoms. The molecule has 0 bridgehead atoms. The summed E-state index contributed by atoms with van der Waals surface area (Å²) in [4.78, 5) is 31.2. The topological polar surface area (TPSA) is 114 Å². The molecular weight excluding hydrogens is 522 g/mol. The molecule has 0 radical (unpaired) electrons. The van der Waals surface area contributed by atoms with E-state index in [-0.39, 0.29) is 11.6 Å². The number of carbonyl (C=O) groups is 2. The molecule has 1 aliphatic rings. The van der Waals surface area contributed by atoms with Gasteiger partial charge < -0.3 is 21.7 Å². The number of rotatable bonds is 6. The van der Waals surface area contributed by atoms with Crippen molar-refractivity contribution in [2.75, 3.05) is 5.73 Å². The molecule has 0 atom stereocenters. The summed E-state index contributed by atoms with van der Waals surface area (Å²) < 4.78 is 1.57. The summed E-state index contributed by atoms with van der Waals surface area (Å²) in [6.07, 6.45) is 3.34. The van der Waals surface area contributed by atoms with Crippen molar-refractivity contribution in [2.45, 2.75) is 13.5 Å². The third-order valence-electron chi connectivity index (χ3n) is 5.09. The van der Waals surface area contributed by atoms with Crippen LogP contribution in [0.15, 0.2) is 75.3 Å². The number of aromatic nitrogens is 1. The fraction of sp³-hybridized carbons (Fsp3) is 0.0870. The number of nitrogens with two attached hydrogens (primary N) is 2. The zero-order chi connectivity index (χ0) is 23.7. The van der Waals surface area contributed by atoms with Crippen LogP contribution in [0.25, 0.3) is 15.8 Å². The van der Waals surface area contributed by atoms with Gasteiger partial charge in [0.1, 0.15) is 5.70 Å². The van der Waals surface area contributed by atoms with Gasteiger partial charge in [-0.15, -0.1) is 0 Å². The van der Waals surface area contributed by atoms with Crippen molar-refractivity contribution < 1.29 is 9.59 Å². The number of nitrogen functional groups attached to an aromatic ring is 1. The average Bonchev–Trinajstić information content (AvgIpc) is 3.42. The molecule has 1 aromatic carbocycles. The van der Waals surface area contributed by atoms with Gasteiger partial charge in [0.05, 0.1) is 21.5 Å². The number of allylic oxidation sites excluding steroid dienone is 3. The fourth-order valence-electron chi connectivity index (χ4n) is 3.46. The number of halogens is 1. The Hall–Kier alpha value is -3.21. The molecule has 0 saturated heterocycles. The minimum absolute atomic E-state index is 0.252. The molecule has 2 amide bonds. The van der Waals surface area contributed by atoms with Gasteiger partial charge in [-0.3, -0.25) is 9.59 Å². The van der Waals surface area contributed by atoms with E-state index in [2.05, 4.69) is 32.8 Å². The second-order valence-corrected chi connectivity index (χ2v) is 10.0. The van der Waals surface area contributed by atoms with Crippen molar-refractivity contribution in [1.82, 2.24) is 15.2 Å². The number of thiazole rings is 1. The first-order valence-corrected chi connectivity index (χ1v) is 12.3. The third-order valence-corrected chi connectivity index (χ3v) is 7.05. The first-order valence-electron chi connectivity index (χ1n) is 9.78. The van der Waals surface area contributed by atoms with Crippen molar-refractivity contribution in [1.29, 1.82) is 0 Å². The van der Waals surface area contributed by atoms with Crippen LogP contribution in [0, 0.1) is 0 Å². The largest absolute Gasteiger partial charge is 0.375 e. The Balaban J connectivity index is 1.57. The summed E-state index contributed by atoms with van der Waals surface area (Å²) in [5.41, 5.74) is 15.7. The summed E-state index contributed by atoms with van der Waals surface area (Å²) >= 11 is 6.35. The maximum Gasteiger partial charge on any atom is 0.265 e. The summed E-state index contributed by atoms with van der Waals surface area (Å²) in [6.45, 7) is 6.20. The predicted octanol–water partition coefficient (Wildman–Crippen LogP) is 4.46. The Morgan fingerprint density at radius 2 is 2.09 bits per heavy atom. The maximum atomic E-state index is 13.1. The van der Waals surface area contributed by atoms with E-state index in [0.29, 0.717) is 33.0 Å². The van der Waals surface area contributed by atoms with Crippen LogP contribution in [0.1, 0.15) is 18.1 Å². The molecule has 5 N–H and O–H groups in total. The van der Waals surface area contributed by atoms with Gasteiger partial charge in [-0.2, -0.15) is 11.3 Å². The molecule has 0 aliphatic carbocycles. The lowest BCUT2D eigenvalue weighted by atomic mass is 10.0. The van der Waals surface area contributed by atoms with Crippen LogP contribution >= 0.6 is 38.6 Å². The number of amides is 2. The number of primary amides is 1. The Morgan fingerprint density at radius 1 is 1.30 bits per heavy atom. The van der Waals surface area contributed by atoms with Crippen molar-refractivity contribution in [3.05, 3.63) is 86.5 Å². The molecule has 1 aliphatic heterocycles. The van der Waals surface area contributed by atoms with Crippen molar-refractivity contribution in [3.63, 3.8) is 0 Å². The Kier molecular flexibility index (Phi) is 6.50. The minimum atomic E-state index is -0.616. The molecular formula is C23H20BrN5O2S2. The summed E-state index contributed by atoms with van der Waals surface area (Å²) in [7, 11) is 0. The van der Waals surface area contributed by atoms with Gasteiger partial charge in [-0.25, -0.2) is 4.98 Å². The molecule has 33 heavy (non-hydrogen) atoms. The standard InChI is InChI=1S/C23H20BrN5O2S2/c1-12(15-5-6-32-11-15)20(21(25)30)29-10-16(24)8-17(13(29)2)22(31)27-9-14-3-4-18-19(7-14)33-23(26)28-18/h3-8,10-11H,2,9H2,1H3,(H2,25,30)(H2,26,28)(H,27,31)/b20-12+. The zero-order valence-electron chi connectivity index (χ0n) is 17.6. The van der Waals surface area contributed by atoms with E-state index >= 15 is 0 Å². The van der Waals surface area contributed by atoms with Crippen molar-refractivity contribution in [3.8, 4) is 0 Å². The fourth-order valence-corrected chi connectivity index (χ4v) is 5.40. The van der Waals surface area contributed by atoms with E-state index in [0.717, 1.165) is 21.3 Å². The van der Waals surface area contributed by atoms with Gasteiger partial charge in [0.25, 0.3) is 11.8 Å². The van der Waals surface area contributed by atoms with E-state index in [1.54, 1.807) is 17.2 Å². The van der Waals surface area contributed by atoms with E-state index in [1.165, 1.54) is 22.7 Å². The lowest BCUT2D eigenvalue weighted by Crippen LogP contribution is -2.34. The molecule has 7 nitrogen and oxygen atoms in total.